The Bertz CT molecular complexity index is 929. The maximum Gasteiger partial charge on any atom is 0.239 e. The van der Waals surface area contributed by atoms with Crippen molar-refractivity contribution in [2.24, 2.45) is 0 Å². The fourth-order valence-electron chi connectivity index (χ4n) is 3.03. The minimum atomic E-state index is 0.00911. The number of carbonyl (C=O) groups is 1. The molecule has 3 aromatic rings. The lowest BCUT2D eigenvalue weighted by atomic mass is 10.1. The van der Waals surface area contributed by atoms with E-state index in [1.54, 1.807) is 11.3 Å². The number of benzene rings is 1. The highest BCUT2D eigenvalue weighted by Crippen LogP contribution is 2.27. The first-order valence-electron chi connectivity index (χ1n) is 8.54. The number of nitrogens with zero attached hydrogens (tertiary/aromatic N) is 2. The van der Waals surface area contributed by atoms with E-state index in [9.17, 15) is 4.79 Å². The zero-order chi connectivity index (χ0) is 18.7. The van der Waals surface area contributed by atoms with Crippen LogP contribution in [0.5, 0.6) is 0 Å². The number of halogens is 1. The van der Waals surface area contributed by atoms with Crippen LogP contribution in [0.4, 0.5) is 0 Å². The van der Waals surface area contributed by atoms with Crippen molar-refractivity contribution in [3.63, 3.8) is 0 Å². The molecule has 0 saturated heterocycles. The monoisotopic (exact) mass is 387 g/mol. The van der Waals surface area contributed by atoms with Crippen LogP contribution < -0.4 is 5.32 Å². The van der Waals surface area contributed by atoms with E-state index in [0.29, 0.717) is 13.1 Å². The smallest absolute Gasteiger partial charge is 0.239 e. The molecule has 0 atom stereocenters. The summed E-state index contributed by atoms with van der Waals surface area (Å²) >= 11 is 7.63. The second-order valence-electron chi connectivity index (χ2n) is 6.35. The summed E-state index contributed by atoms with van der Waals surface area (Å²) in [5, 5.41) is 6.82. The molecule has 0 bridgehead atoms. The van der Waals surface area contributed by atoms with E-state index < -0.39 is 0 Å². The minimum Gasteiger partial charge on any atom is -0.354 e. The molecule has 1 aromatic carbocycles. The molecule has 0 aliphatic rings. The Morgan fingerprint density at radius 2 is 2.08 bits per heavy atom. The van der Waals surface area contributed by atoms with Gasteiger partial charge in [0.05, 0.1) is 10.7 Å². The van der Waals surface area contributed by atoms with E-state index >= 15 is 0 Å². The Labute approximate surface area is 162 Å². The number of amides is 1. The van der Waals surface area contributed by atoms with E-state index in [0.717, 1.165) is 44.7 Å². The third-order valence-electron chi connectivity index (χ3n) is 4.40. The van der Waals surface area contributed by atoms with Gasteiger partial charge in [0.2, 0.25) is 5.91 Å². The van der Waals surface area contributed by atoms with Crippen LogP contribution >= 0.6 is 22.9 Å². The molecular weight excluding hydrogens is 366 g/mol. The molecule has 1 N–H and O–H groups in total. The Hall–Kier alpha value is -2.11. The van der Waals surface area contributed by atoms with E-state index in [2.05, 4.69) is 21.7 Å². The lowest BCUT2D eigenvalue weighted by molar-refractivity contribution is -0.121. The molecular formula is C20H22ClN3OS. The molecule has 3 rings (SSSR count). The topological polar surface area (TPSA) is 46.9 Å². The van der Waals surface area contributed by atoms with Crippen molar-refractivity contribution in [2.45, 2.75) is 33.7 Å². The molecule has 0 radical (unpaired) electrons. The van der Waals surface area contributed by atoms with Gasteiger partial charge in [0.1, 0.15) is 6.54 Å². The SMILES string of the molecule is Cc1nc(-c2cc(C)n(CC(=O)NCCc3cccc(Cl)c3)c2C)cs1. The van der Waals surface area contributed by atoms with Crippen LogP contribution in [0.25, 0.3) is 11.3 Å². The van der Waals surface area contributed by atoms with Gasteiger partial charge in [0, 0.05) is 33.9 Å². The van der Waals surface area contributed by atoms with Gasteiger partial charge in [-0.2, -0.15) is 0 Å². The number of aromatic nitrogens is 2. The van der Waals surface area contributed by atoms with Crippen molar-refractivity contribution in [1.82, 2.24) is 14.9 Å². The average molecular weight is 388 g/mol. The molecule has 2 aromatic heterocycles. The summed E-state index contributed by atoms with van der Waals surface area (Å²) in [4.78, 5) is 16.9. The molecule has 136 valence electrons. The quantitative estimate of drug-likeness (QED) is 0.674. The van der Waals surface area contributed by atoms with Gasteiger partial charge < -0.3 is 9.88 Å². The van der Waals surface area contributed by atoms with Gasteiger partial charge in [0.15, 0.2) is 0 Å². The molecule has 1 amide bonds. The first kappa shape index (κ1) is 18.7. The Morgan fingerprint density at radius 1 is 1.27 bits per heavy atom. The van der Waals surface area contributed by atoms with Crippen molar-refractivity contribution in [3.05, 3.63) is 62.7 Å². The highest BCUT2D eigenvalue weighted by Gasteiger charge is 2.15. The Morgan fingerprint density at radius 3 is 2.77 bits per heavy atom. The summed E-state index contributed by atoms with van der Waals surface area (Å²) in [6.07, 6.45) is 0.763. The van der Waals surface area contributed by atoms with Gasteiger partial charge in [-0.25, -0.2) is 4.98 Å². The van der Waals surface area contributed by atoms with Gasteiger partial charge in [-0.1, -0.05) is 23.7 Å². The van der Waals surface area contributed by atoms with E-state index in [1.807, 2.05) is 49.6 Å². The number of aryl methyl sites for hydroxylation is 2. The van der Waals surface area contributed by atoms with Crippen molar-refractivity contribution in [1.29, 1.82) is 0 Å². The standard InChI is InChI=1S/C20H22ClN3OS/c1-13-9-18(19-12-26-15(3)23-19)14(2)24(13)11-20(25)22-8-7-16-5-4-6-17(21)10-16/h4-6,9-10,12H,7-8,11H2,1-3H3,(H,22,25). The second-order valence-corrected chi connectivity index (χ2v) is 7.85. The number of nitrogens with one attached hydrogen (secondary N) is 1. The largest absolute Gasteiger partial charge is 0.354 e. The molecule has 0 spiro atoms. The fraction of sp³-hybridized carbons (Fsp3) is 0.300. The first-order valence-corrected chi connectivity index (χ1v) is 9.80. The van der Waals surface area contributed by atoms with Crippen molar-refractivity contribution in [2.75, 3.05) is 6.54 Å². The zero-order valence-corrected chi connectivity index (χ0v) is 16.7. The second kappa shape index (κ2) is 8.06. The van der Waals surface area contributed by atoms with E-state index in [-0.39, 0.29) is 5.91 Å². The van der Waals surface area contributed by atoms with Crippen molar-refractivity contribution >= 4 is 28.8 Å². The molecule has 6 heteroatoms. The van der Waals surface area contributed by atoms with Gasteiger partial charge in [-0.15, -0.1) is 11.3 Å². The van der Waals surface area contributed by atoms with Crippen LogP contribution in [-0.2, 0) is 17.8 Å². The van der Waals surface area contributed by atoms with Gasteiger partial charge >= 0.3 is 0 Å². The molecule has 0 aliphatic carbocycles. The maximum atomic E-state index is 12.4. The molecule has 2 heterocycles. The summed E-state index contributed by atoms with van der Waals surface area (Å²) in [5.74, 6) is 0.00911. The summed E-state index contributed by atoms with van der Waals surface area (Å²) in [6, 6.07) is 9.82. The van der Waals surface area contributed by atoms with Crippen molar-refractivity contribution < 1.29 is 4.79 Å². The predicted octanol–water partition coefficient (Wildman–Crippen LogP) is 4.55. The summed E-state index contributed by atoms with van der Waals surface area (Å²) in [5.41, 5.74) is 5.32. The molecule has 0 fully saturated rings. The van der Waals surface area contributed by atoms with Crippen LogP contribution in [0.2, 0.25) is 5.02 Å². The Kier molecular flexibility index (Phi) is 5.79. The predicted molar refractivity (Wildman–Crippen MR) is 108 cm³/mol. The molecule has 0 unspecified atom stereocenters. The first-order chi connectivity index (χ1) is 12.4. The normalized spacial score (nSPS) is 10.9. The number of thiazole rings is 1. The van der Waals surface area contributed by atoms with E-state index in [4.69, 9.17) is 11.6 Å². The zero-order valence-electron chi connectivity index (χ0n) is 15.2. The fourth-order valence-corrected chi connectivity index (χ4v) is 3.85. The average Bonchev–Trinajstić information content (AvgIpc) is 3.13. The van der Waals surface area contributed by atoms with Crippen LogP contribution in [0.1, 0.15) is 22.0 Å². The Balaban J connectivity index is 1.61. The summed E-state index contributed by atoms with van der Waals surface area (Å²) < 4.78 is 2.04. The van der Waals surface area contributed by atoms with Crippen LogP contribution in [0, 0.1) is 20.8 Å². The third-order valence-corrected chi connectivity index (χ3v) is 5.40. The van der Waals surface area contributed by atoms with E-state index in [1.165, 1.54) is 0 Å². The minimum absolute atomic E-state index is 0.00911. The molecule has 0 saturated carbocycles. The third kappa shape index (κ3) is 4.34. The summed E-state index contributed by atoms with van der Waals surface area (Å²) in [6.45, 7) is 6.97. The van der Waals surface area contributed by atoms with Gasteiger partial charge in [-0.3, -0.25) is 4.79 Å². The lowest BCUT2D eigenvalue weighted by Gasteiger charge is -2.10. The highest BCUT2D eigenvalue weighted by atomic mass is 35.5. The number of hydrogen-bond acceptors (Lipinski definition) is 3. The molecule has 26 heavy (non-hydrogen) atoms. The molecule has 4 nitrogen and oxygen atoms in total. The number of rotatable bonds is 6. The van der Waals surface area contributed by atoms with Crippen LogP contribution in [-0.4, -0.2) is 22.0 Å². The van der Waals surface area contributed by atoms with Crippen molar-refractivity contribution in [3.8, 4) is 11.3 Å². The lowest BCUT2D eigenvalue weighted by Crippen LogP contribution is -2.30. The molecule has 0 aliphatic heterocycles. The number of hydrogen-bond donors (Lipinski definition) is 1. The van der Waals surface area contributed by atoms with Gasteiger partial charge in [-0.05, 0) is 51.0 Å². The summed E-state index contributed by atoms with van der Waals surface area (Å²) in [7, 11) is 0. The number of carbonyl (C=O) groups excluding carboxylic acids is 1. The van der Waals surface area contributed by atoms with Crippen LogP contribution in [0.15, 0.2) is 35.7 Å². The highest BCUT2D eigenvalue weighted by molar-refractivity contribution is 7.09. The van der Waals surface area contributed by atoms with Gasteiger partial charge in [0.25, 0.3) is 0 Å². The van der Waals surface area contributed by atoms with Crippen LogP contribution in [0.3, 0.4) is 0 Å². The maximum absolute atomic E-state index is 12.4.